The Morgan fingerprint density at radius 2 is 1.29 bits per heavy atom. The highest BCUT2D eigenvalue weighted by Gasteiger charge is 2.57. The molecule has 0 amide bonds. The van der Waals surface area contributed by atoms with E-state index in [1.807, 2.05) is 0 Å². The van der Waals surface area contributed by atoms with Crippen molar-refractivity contribution in [2.45, 2.75) is 58.7 Å². The molecule has 1 rings (SSSR count). The smallest absolute Gasteiger partial charge is 0.348 e. The largest absolute Gasteiger partial charge is 0.459 e. The molecule has 0 aromatic rings. The van der Waals surface area contributed by atoms with Crippen molar-refractivity contribution in [3.63, 3.8) is 0 Å². The molecule has 5 atom stereocenters. The number of aliphatic hydroxyl groups excluding tert-OH is 6. The molecule has 5 unspecified atom stereocenters. The number of aliphatic hydroxyl groups is 6. The molecule has 49 heavy (non-hydrogen) atoms. The highest BCUT2D eigenvalue weighted by molar-refractivity contribution is 5.98. The van der Waals surface area contributed by atoms with E-state index in [0.29, 0.717) is 6.61 Å². The van der Waals surface area contributed by atoms with Gasteiger partial charge in [-0.1, -0.05) is 26.7 Å². The SMILES string of the molecule is C=C(C)C(=O)OC(OC(=O)C(=C)C)=C(C(=O)OC(O)C(O)CO)C(/C=C(\C)C(=O)OCC1CO1)(OC(=O)C(=C)C)C(C)C(CO)(CO)CO. The molecular weight excluding hydrogens is 656 g/mol. The molecule has 0 saturated carbocycles. The maximum absolute atomic E-state index is 14.2. The normalized spacial score (nSPS) is 17.2. The molecule has 0 bridgehead atoms. The van der Waals surface area contributed by atoms with Gasteiger partial charge in [0, 0.05) is 33.6 Å². The van der Waals surface area contributed by atoms with E-state index in [9.17, 15) is 54.6 Å². The van der Waals surface area contributed by atoms with Crippen LogP contribution in [0.5, 0.6) is 0 Å². The fraction of sp³-hybridized carbons (Fsp3) is 0.531. The Balaban J connectivity index is 4.62. The fourth-order valence-corrected chi connectivity index (χ4v) is 3.87. The van der Waals surface area contributed by atoms with E-state index < -0.39 is 109 Å². The van der Waals surface area contributed by atoms with Crippen LogP contribution in [-0.2, 0) is 52.4 Å². The zero-order chi connectivity index (χ0) is 37.9. The summed E-state index contributed by atoms with van der Waals surface area (Å²) in [5.41, 5.74) is -7.96. The number of epoxide rings is 1. The van der Waals surface area contributed by atoms with E-state index in [1.165, 1.54) is 6.92 Å². The number of carbonyl (C=O) groups excluding carboxylic acids is 5. The standard InChI is InChI=1S/C32H44O17/c1-16(2)24(38)47-30(48-25(39)17(3)4)23(29(43)46-28(42)22(37)10-33)32(49-26(40)18(5)6,20(8)31(13-34,14-35)15-36)9-19(7)27(41)45-12-21-11-44-21/h9,20-22,28,33-37,42H,1,3,5,10-15H2,2,4,6-8H3/b19-9+. The van der Waals surface area contributed by atoms with E-state index in [1.54, 1.807) is 0 Å². The number of hydrogen-bond acceptors (Lipinski definition) is 17. The van der Waals surface area contributed by atoms with Crippen LogP contribution in [-0.4, -0.2) is 124 Å². The van der Waals surface area contributed by atoms with E-state index in [4.69, 9.17) is 28.4 Å². The van der Waals surface area contributed by atoms with Crippen LogP contribution >= 0.6 is 0 Å². The Hall–Kier alpha value is -4.23. The van der Waals surface area contributed by atoms with Crippen molar-refractivity contribution in [1.29, 1.82) is 0 Å². The lowest BCUT2D eigenvalue weighted by molar-refractivity contribution is -0.192. The molecule has 6 N–H and O–H groups in total. The molecule has 1 heterocycles. The van der Waals surface area contributed by atoms with Crippen LogP contribution in [0.25, 0.3) is 0 Å². The van der Waals surface area contributed by atoms with Gasteiger partial charge in [-0.2, -0.15) is 0 Å². The highest BCUT2D eigenvalue weighted by atomic mass is 16.7. The first-order valence-electron chi connectivity index (χ1n) is 14.6. The lowest BCUT2D eigenvalue weighted by Gasteiger charge is -2.46. The summed E-state index contributed by atoms with van der Waals surface area (Å²) in [4.78, 5) is 66.5. The van der Waals surface area contributed by atoms with Gasteiger partial charge < -0.3 is 59.1 Å². The first-order valence-corrected chi connectivity index (χ1v) is 14.6. The second kappa shape index (κ2) is 18.5. The number of hydrogen-bond donors (Lipinski definition) is 6. The van der Waals surface area contributed by atoms with Crippen LogP contribution < -0.4 is 0 Å². The van der Waals surface area contributed by atoms with Crippen molar-refractivity contribution in [3.8, 4) is 0 Å². The van der Waals surface area contributed by atoms with Crippen molar-refractivity contribution in [2.24, 2.45) is 11.3 Å². The molecule has 0 aromatic heterocycles. The Labute approximate surface area is 282 Å². The van der Waals surface area contributed by atoms with Gasteiger partial charge in [0.05, 0.1) is 33.0 Å². The van der Waals surface area contributed by atoms with Gasteiger partial charge in [-0.15, -0.1) is 0 Å². The zero-order valence-electron chi connectivity index (χ0n) is 27.9. The minimum atomic E-state index is -3.01. The monoisotopic (exact) mass is 700 g/mol. The van der Waals surface area contributed by atoms with Gasteiger partial charge in [-0.05, 0) is 33.8 Å². The summed E-state index contributed by atoms with van der Waals surface area (Å²) in [6.07, 6.45) is -4.34. The summed E-state index contributed by atoms with van der Waals surface area (Å²) in [5, 5.41) is 61.1. The number of ether oxygens (including phenoxy) is 6. The molecule has 1 aliphatic rings. The van der Waals surface area contributed by atoms with Gasteiger partial charge in [0.2, 0.25) is 6.29 Å². The molecule has 17 heteroatoms. The van der Waals surface area contributed by atoms with Crippen LogP contribution in [0.4, 0.5) is 0 Å². The summed E-state index contributed by atoms with van der Waals surface area (Å²) in [5.74, 6) is -10.2. The van der Waals surface area contributed by atoms with Crippen molar-refractivity contribution >= 4 is 29.8 Å². The maximum atomic E-state index is 14.2. The van der Waals surface area contributed by atoms with E-state index in [2.05, 4.69) is 19.7 Å². The minimum Gasteiger partial charge on any atom is -0.459 e. The van der Waals surface area contributed by atoms with Crippen LogP contribution in [0.1, 0.15) is 34.6 Å². The van der Waals surface area contributed by atoms with Gasteiger partial charge in [0.1, 0.15) is 18.8 Å². The van der Waals surface area contributed by atoms with Crippen LogP contribution in [0.2, 0.25) is 0 Å². The summed E-state index contributed by atoms with van der Waals surface area (Å²) in [7, 11) is 0. The van der Waals surface area contributed by atoms with E-state index in [0.717, 1.165) is 33.8 Å². The third-order valence-electron chi connectivity index (χ3n) is 7.28. The van der Waals surface area contributed by atoms with Gasteiger partial charge in [-0.25, -0.2) is 24.0 Å². The predicted molar refractivity (Wildman–Crippen MR) is 165 cm³/mol. The zero-order valence-corrected chi connectivity index (χ0v) is 27.9. The first kappa shape index (κ1) is 42.8. The second-order valence-corrected chi connectivity index (χ2v) is 11.5. The predicted octanol–water partition coefficient (Wildman–Crippen LogP) is -1.00. The van der Waals surface area contributed by atoms with Gasteiger partial charge in [0.25, 0.3) is 0 Å². The second-order valence-electron chi connectivity index (χ2n) is 11.5. The fourth-order valence-electron chi connectivity index (χ4n) is 3.87. The lowest BCUT2D eigenvalue weighted by atomic mass is 9.65. The molecule has 1 fully saturated rings. The first-order chi connectivity index (χ1) is 22.8. The summed E-state index contributed by atoms with van der Waals surface area (Å²) < 4.78 is 31.4. The van der Waals surface area contributed by atoms with Gasteiger partial charge >= 0.3 is 35.8 Å². The third kappa shape index (κ3) is 11.1. The topological polar surface area (TPSA) is 265 Å². The Morgan fingerprint density at radius 3 is 1.67 bits per heavy atom. The highest BCUT2D eigenvalue weighted by Crippen LogP contribution is 2.46. The lowest BCUT2D eigenvalue weighted by Crippen LogP contribution is -2.56. The van der Waals surface area contributed by atoms with E-state index in [-0.39, 0.29) is 23.3 Å². The van der Waals surface area contributed by atoms with E-state index >= 15 is 0 Å². The van der Waals surface area contributed by atoms with Crippen molar-refractivity contribution in [3.05, 3.63) is 59.6 Å². The summed E-state index contributed by atoms with van der Waals surface area (Å²) >= 11 is 0. The van der Waals surface area contributed by atoms with Crippen molar-refractivity contribution in [2.75, 3.05) is 39.6 Å². The average Bonchev–Trinajstić information content (AvgIpc) is 3.88. The Bertz CT molecular complexity index is 1330. The quantitative estimate of drug-likeness (QED) is 0.0222. The molecule has 0 spiro atoms. The summed E-state index contributed by atoms with van der Waals surface area (Å²) in [6, 6.07) is 0. The molecule has 0 radical (unpaired) electrons. The molecule has 0 aromatic carbocycles. The van der Waals surface area contributed by atoms with Crippen LogP contribution in [0.3, 0.4) is 0 Å². The van der Waals surface area contributed by atoms with Gasteiger partial charge in [0.15, 0.2) is 11.2 Å². The number of carbonyl (C=O) groups is 5. The summed E-state index contributed by atoms with van der Waals surface area (Å²) in [6.45, 7) is 11.7. The molecular formula is C32H44O17. The van der Waals surface area contributed by atoms with Crippen molar-refractivity contribution in [1.82, 2.24) is 0 Å². The van der Waals surface area contributed by atoms with Crippen LogP contribution in [0.15, 0.2) is 59.6 Å². The number of esters is 5. The molecule has 1 aliphatic heterocycles. The van der Waals surface area contributed by atoms with Crippen LogP contribution in [0, 0.1) is 11.3 Å². The Morgan fingerprint density at radius 1 is 0.816 bits per heavy atom. The molecule has 17 nitrogen and oxygen atoms in total. The molecule has 0 aliphatic carbocycles. The average molecular weight is 701 g/mol. The minimum absolute atomic E-state index is 0.223. The number of rotatable bonds is 20. The third-order valence-corrected chi connectivity index (χ3v) is 7.28. The van der Waals surface area contributed by atoms with Gasteiger partial charge in [-0.3, -0.25) is 0 Å². The van der Waals surface area contributed by atoms with Crippen molar-refractivity contribution < 1.29 is 83.0 Å². The Kier molecular flexibility index (Phi) is 16.2. The maximum Gasteiger partial charge on any atom is 0.348 e. The molecule has 274 valence electrons. The molecule has 1 saturated heterocycles.